The average Bonchev–Trinajstić information content (AvgIpc) is 2.73. The van der Waals surface area contributed by atoms with Crippen molar-refractivity contribution < 1.29 is 17.9 Å². The van der Waals surface area contributed by atoms with Crippen LogP contribution in [0.15, 0.2) is 0 Å². The SMILES string of the molecule is CC1OCCC1C(=O)N1CCCC(S(N)(=O)=O)C1. The fraction of sp³-hybridized carbons (Fsp3) is 0.909. The molecule has 104 valence electrons. The number of amides is 1. The van der Waals surface area contributed by atoms with Crippen LogP contribution in [0.4, 0.5) is 0 Å². The maximum Gasteiger partial charge on any atom is 0.228 e. The van der Waals surface area contributed by atoms with Crippen LogP contribution in [0.25, 0.3) is 0 Å². The van der Waals surface area contributed by atoms with Crippen molar-refractivity contribution in [3.8, 4) is 0 Å². The van der Waals surface area contributed by atoms with Gasteiger partial charge >= 0.3 is 0 Å². The normalized spacial score (nSPS) is 33.7. The molecule has 3 atom stereocenters. The van der Waals surface area contributed by atoms with Gasteiger partial charge < -0.3 is 9.64 Å². The molecule has 0 radical (unpaired) electrons. The highest BCUT2D eigenvalue weighted by Crippen LogP contribution is 2.25. The molecule has 2 heterocycles. The summed E-state index contributed by atoms with van der Waals surface area (Å²) in [7, 11) is -3.55. The number of carbonyl (C=O) groups excluding carboxylic acids is 1. The molecule has 1 amide bonds. The Kier molecular flexibility index (Phi) is 3.93. The van der Waals surface area contributed by atoms with Crippen molar-refractivity contribution >= 4 is 15.9 Å². The molecule has 2 rings (SSSR count). The van der Waals surface area contributed by atoms with Gasteiger partial charge in [-0.05, 0) is 26.2 Å². The number of piperidine rings is 1. The van der Waals surface area contributed by atoms with E-state index in [1.807, 2.05) is 6.92 Å². The molecule has 2 aliphatic rings. The number of sulfonamides is 1. The van der Waals surface area contributed by atoms with Gasteiger partial charge in [0.15, 0.2) is 0 Å². The second-order valence-corrected chi connectivity index (χ2v) is 6.95. The first kappa shape index (κ1) is 13.8. The molecule has 2 N–H and O–H groups in total. The molecule has 18 heavy (non-hydrogen) atoms. The first-order chi connectivity index (χ1) is 8.39. The number of primary sulfonamides is 1. The van der Waals surface area contributed by atoms with E-state index in [0.717, 1.165) is 6.42 Å². The minimum absolute atomic E-state index is 0.00773. The largest absolute Gasteiger partial charge is 0.378 e. The van der Waals surface area contributed by atoms with Crippen molar-refractivity contribution in [1.29, 1.82) is 0 Å². The van der Waals surface area contributed by atoms with Gasteiger partial charge in [0, 0.05) is 19.7 Å². The topological polar surface area (TPSA) is 89.7 Å². The number of likely N-dealkylation sites (tertiary alicyclic amines) is 1. The summed E-state index contributed by atoms with van der Waals surface area (Å²) in [5, 5.41) is 4.55. The van der Waals surface area contributed by atoms with Crippen molar-refractivity contribution in [2.45, 2.75) is 37.5 Å². The molecule has 0 aromatic rings. The van der Waals surface area contributed by atoms with Gasteiger partial charge in [-0.15, -0.1) is 0 Å². The van der Waals surface area contributed by atoms with Crippen LogP contribution in [0.3, 0.4) is 0 Å². The van der Waals surface area contributed by atoms with Crippen LogP contribution in [0.2, 0.25) is 0 Å². The Labute approximate surface area is 108 Å². The standard InChI is InChI=1S/C11H20N2O4S/c1-8-10(4-6-17-8)11(14)13-5-2-3-9(7-13)18(12,15)16/h8-10H,2-7H2,1H3,(H2,12,15,16). The Morgan fingerprint density at radius 3 is 2.67 bits per heavy atom. The Morgan fingerprint density at radius 1 is 1.39 bits per heavy atom. The third-order valence-corrected chi connectivity index (χ3v) is 5.16. The van der Waals surface area contributed by atoms with Gasteiger partial charge in [-0.25, -0.2) is 13.6 Å². The van der Waals surface area contributed by atoms with Gasteiger partial charge in [0.25, 0.3) is 0 Å². The number of nitrogens with zero attached hydrogens (tertiary/aromatic N) is 1. The van der Waals surface area contributed by atoms with E-state index in [4.69, 9.17) is 9.88 Å². The predicted octanol–water partition coefficient (Wildman–Crippen LogP) is -0.309. The van der Waals surface area contributed by atoms with Crippen molar-refractivity contribution in [3.63, 3.8) is 0 Å². The van der Waals surface area contributed by atoms with E-state index >= 15 is 0 Å². The average molecular weight is 276 g/mol. The van der Waals surface area contributed by atoms with Crippen LogP contribution in [-0.2, 0) is 19.6 Å². The zero-order chi connectivity index (χ0) is 13.3. The molecule has 0 bridgehead atoms. The van der Waals surface area contributed by atoms with Gasteiger partial charge in [-0.1, -0.05) is 0 Å². The maximum absolute atomic E-state index is 12.3. The summed E-state index contributed by atoms with van der Waals surface area (Å²) < 4.78 is 28.1. The van der Waals surface area contributed by atoms with E-state index in [-0.39, 0.29) is 24.5 Å². The van der Waals surface area contributed by atoms with E-state index in [0.29, 0.717) is 26.0 Å². The number of ether oxygens (including phenoxy) is 1. The second kappa shape index (κ2) is 5.14. The Balaban J connectivity index is 2.02. The molecular formula is C11H20N2O4S. The van der Waals surface area contributed by atoms with Crippen molar-refractivity contribution in [1.82, 2.24) is 4.90 Å². The highest BCUT2D eigenvalue weighted by atomic mass is 32.2. The number of hydrogen-bond acceptors (Lipinski definition) is 4. The third-order valence-electron chi connectivity index (χ3n) is 3.85. The van der Waals surface area contributed by atoms with E-state index in [1.165, 1.54) is 0 Å². The molecule has 2 aliphatic heterocycles. The second-order valence-electron chi connectivity index (χ2n) is 5.11. The zero-order valence-corrected chi connectivity index (χ0v) is 11.4. The van der Waals surface area contributed by atoms with Gasteiger partial charge in [0.1, 0.15) is 0 Å². The highest BCUT2D eigenvalue weighted by Gasteiger charge is 2.37. The lowest BCUT2D eigenvalue weighted by Crippen LogP contribution is -2.49. The zero-order valence-electron chi connectivity index (χ0n) is 10.5. The fourth-order valence-electron chi connectivity index (χ4n) is 2.70. The smallest absolute Gasteiger partial charge is 0.228 e. The molecule has 0 spiro atoms. The summed E-state index contributed by atoms with van der Waals surface area (Å²) in [5.74, 6) is -0.127. The third kappa shape index (κ3) is 2.84. The molecule has 0 aromatic heterocycles. The summed E-state index contributed by atoms with van der Waals surface area (Å²) in [6.45, 7) is 3.33. The van der Waals surface area contributed by atoms with Crippen LogP contribution < -0.4 is 5.14 Å². The fourth-order valence-corrected chi connectivity index (χ4v) is 3.58. The van der Waals surface area contributed by atoms with Crippen molar-refractivity contribution in [2.75, 3.05) is 19.7 Å². The molecule has 0 aliphatic carbocycles. The van der Waals surface area contributed by atoms with E-state index in [9.17, 15) is 13.2 Å². The summed E-state index contributed by atoms with van der Waals surface area (Å²) in [4.78, 5) is 13.9. The lowest BCUT2D eigenvalue weighted by atomic mass is 9.99. The van der Waals surface area contributed by atoms with Crippen LogP contribution in [0.5, 0.6) is 0 Å². The summed E-state index contributed by atoms with van der Waals surface area (Å²) >= 11 is 0. The molecule has 3 unspecified atom stereocenters. The minimum atomic E-state index is -3.55. The Hall–Kier alpha value is -0.660. The van der Waals surface area contributed by atoms with Gasteiger partial charge in [-0.3, -0.25) is 4.79 Å². The van der Waals surface area contributed by atoms with Gasteiger partial charge in [-0.2, -0.15) is 0 Å². The monoisotopic (exact) mass is 276 g/mol. The van der Waals surface area contributed by atoms with E-state index < -0.39 is 15.3 Å². The summed E-state index contributed by atoms with van der Waals surface area (Å²) in [6, 6.07) is 0. The Morgan fingerprint density at radius 2 is 2.11 bits per heavy atom. The number of nitrogens with two attached hydrogens (primary N) is 1. The number of hydrogen-bond donors (Lipinski definition) is 1. The summed E-state index contributed by atoms with van der Waals surface area (Å²) in [6.07, 6.45) is 1.87. The lowest BCUT2D eigenvalue weighted by molar-refractivity contribution is -0.137. The molecule has 0 aromatic carbocycles. The van der Waals surface area contributed by atoms with Crippen LogP contribution in [0.1, 0.15) is 26.2 Å². The lowest BCUT2D eigenvalue weighted by Gasteiger charge is -2.33. The highest BCUT2D eigenvalue weighted by molar-refractivity contribution is 7.89. The Bertz CT molecular complexity index is 423. The first-order valence-corrected chi connectivity index (χ1v) is 7.92. The first-order valence-electron chi connectivity index (χ1n) is 6.31. The van der Waals surface area contributed by atoms with Gasteiger partial charge in [0.2, 0.25) is 15.9 Å². The minimum Gasteiger partial charge on any atom is -0.378 e. The number of rotatable bonds is 2. The van der Waals surface area contributed by atoms with E-state index in [1.54, 1.807) is 4.90 Å². The molecule has 6 nitrogen and oxygen atoms in total. The molecule has 2 fully saturated rings. The molecular weight excluding hydrogens is 256 g/mol. The molecule has 2 saturated heterocycles. The van der Waals surface area contributed by atoms with Crippen LogP contribution >= 0.6 is 0 Å². The van der Waals surface area contributed by atoms with Crippen LogP contribution in [0, 0.1) is 5.92 Å². The number of carbonyl (C=O) groups is 1. The predicted molar refractivity (Wildman–Crippen MR) is 66.2 cm³/mol. The van der Waals surface area contributed by atoms with Gasteiger partial charge in [0.05, 0.1) is 17.3 Å². The quantitative estimate of drug-likeness (QED) is 0.749. The maximum atomic E-state index is 12.3. The van der Waals surface area contributed by atoms with Crippen molar-refractivity contribution in [2.24, 2.45) is 11.1 Å². The van der Waals surface area contributed by atoms with E-state index in [2.05, 4.69) is 0 Å². The molecule has 7 heteroatoms. The molecule has 0 saturated carbocycles. The van der Waals surface area contributed by atoms with Crippen molar-refractivity contribution in [3.05, 3.63) is 0 Å². The summed E-state index contributed by atoms with van der Waals surface area (Å²) in [5.41, 5.74) is 0. The van der Waals surface area contributed by atoms with Crippen LogP contribution in [-0.4, -0.2) is 50.3 Å².